The van der Waals surface area contributed by atoms with Crippen LogP contribution in [0.15, 0.2) is 53.7 Å². The monoisotopic (exact) mass is 299 g/mol. The maximum absolute atomic E-state index is 13.1. The number of aryl methyl sites for hydroxylation is 1. The van der Waals surface area contributed by atoms with Gasteiger partial charge in [-0.2, -0.15) is 0 Å². The van der Waals surface area contributed by atoms with Crippen LogP contribution in [0.2, 0.25) is 0 Å². The Morgan fingerprint density at radius 3 is 2.91 bits per heavy atom. The van der Waals surface area contributed by atoms with E-state index in [0.717, 1.165) is 36.3 Å². The van der Waals surface area contributed by atoms with Crippen molar-refractivity contribution in [3.05, 3.63) is 71.0 Å². The van der Waals surface area contributed by atoms with E-state index in [0.29, 0.717) is 0 Å². The van der Waals surface area contributed by atoms with Crippen LogP contribution in [-0.2, 0) is 11.4 Å². The van der Waals surface area contributed by atoms with Gasteiger partial charge in [0.1, 0.15) is 18.9 Å². The summed E-state index contributed by atoms with van der Waals surface area (Å²) < 4.78 is 13.1. The third kappa shape index (κ3) is 3.52. The van der Waals surface area contributed by atoms with Crippen molar-refractivity contribution in [3.8, 4) is 0 Å². The molecule has 4 heteroatoms. The minimum absolute atomic E-state index is 0.0863. The van der Waals surface area contributed by atoms with E-state index in [1.165, 1.54) is 11.6 Å². The largest absolute Gasteiger partial charge is 0.386 e. The van der Waals surface area contributed by atoms with Crippen LogP contribution in [-0.4, -0.2) is 18.4 Å². The maximum atomic E-state index is 13.1. The summed E-state index contributed by atoms with van der Waals surface area (Å²) >= 11 is 0. The van der Waals surface area contributed by atoms with Gasteiger partial charge in [0.25, 0.3) is 0 Å². The molecule has 1 aliphatic heterocycles. The Kier molecular flexibility index (Phi) is 4.49. The summed E-state index contributed by atoms with van der Waals surface area (Å²) in [6.45, 7) is 3.65. The third-order valence-corrected chi connectivity index (χ3v) is 3.89. The lowest BCUT2D eigenvalue weighted by Gasteiger charge is -2.07. The number of halogens is 1. The molecule has 2 aromatic rings. The SMILES string of the molecule is Cc1ccccc1C1=NO[C@@H](C[NH2+]Cc2cccc(F)c2)C1. The second-order valence-corrected chi connectivity index (χ2v) is 5.64. The quantitative estimate of drug-likeness (QED) is 0.904. The Labute approximate surface area is 129 Å². The Morgan fingerprint density at radius 2 is 2.09 bits per heavy atom. The van der Waals surface area contributed by atoms with Crippen molar-refractivity contribution < 1.29 is 14.5 Å². The van der Waals surface area contributed by atoms with Crippen LogP contribution in [0.1, 0.15) is 23.1 Å². The minimum atomic E-state index is -0.187. The number of oxime groups is 1. The van der Waals surface area contributed by atoms with E-state index in [4.69, 9.17) is 4.84 Å². The normalized spacial score (nSPS) is 17.2. The first kappa shape index (κ1) is 14.7. The number of rotatable bonds is 5. The van der Waals surface area contributed by atoms with Gasteiger partial charge in [-0.25, -0.2) is 4.39 Å². The molecule has 1 aliphatic rings. The fraction of sp³-hybridized carbons (Fsp3) is 0.278. The maximum Gasteiger partial charge on any atom is 0.181 e. The Morgan fingerprint density at radius 1 is 1.23 bits per heavy atom. The summed E-state index contributed by atoms with van der Waals surface area (Å²) in [5.41, 5.74) is 4.38. The molecule has 0 spiro atoms. The highest BCUT2D eigenvalue weighted by Gasteiger charge is 2.24. The number of hydrogen-bond donors (Lipinski definition) is 1. The van der Waals surface area contributed by atoms with Crippen molar-refractivity contribution in [1.82, 2.24) is 0 Å². The van der Waals surface area contributed by atoms with Gasteiger partial charge in [0.05, 0.1) is 5.71 Å². The molecule has 0 amide bonds. The molecule has 0 unspecified atom stereocenters. The number of nitrogens with zero attached hydrogens (tertiary/aromatic N) is 1. The van der Waals surface area contributed by atoms with Crippen LogP contribution in [0.25, 0.3) is 0 Å². The third-order valence-electron chi connectivity index (χ3n) is 3.89. The van der Waals surface area contributed by atoms with E-state index in [2.05, 4.69) is 29.5 Å². The minimum Gasteiger partial charge on any atom is -0.386 e. The summed E-state index contributed by atoms with van der Waals surface area (Å²) in [6.07, 6.45) is 0.910. The van der Waals surface area contributed by atoms with Gasteiger partial charge < -0.3 is 10.2 Å². The molecular weight excluding hydrogens is 279 g/mol. The molecule has 1 heterocycles. The van der Waals surface area contributed by atoms with Crippen molar-refractivity contribution in [3.63, 3.8) is 0 Å². The van der Waals surface area contributed by atoms with E-state index in [9.17, 15) is 4.39 Å². The molecule has 3 rings (SSSR count). The first-order valence-corrected chi connectivity index (χ1v) is 7.57. The Balaban J connectivity index is 1.50. The number of quaternary nitrogens is 1. The second kappa shape index (κ2) is 6.71. The van der Waals surface area contributed by atoms with Gasteiger partial charge in [0, 0.05) is 17.5 Å². The van der Waals surface area contributed by atoms with Crippen LogP contribution >= 0.6 is 0 Å². The van der Waals surface area contributed by atoms with Crippen LogP contribution < -0.4 is 5.32 Å². The number of hydrogen-bond acceptors (Lipinski definition) is 2. The predicted octanol–water partition coefficient (Wildman–Crippen LogP) is 2.39. The van der Waals surface area contributed by atoms with Crippen molar-refractivity contribution in [2.45, 2.75) is 26.0 Å². The summed E-state index contributed by atoms with van der Waals surface area (Å²) in [7, 11) is 0. The Bertz CT molecular complexity index is 684. The standard InChI is InChI=1S/C18H19FN2O/c1-13-5-2-3-8-17(13)18-10-16(22-21-18)12-20-11-14-6-4-7-15(19)9-14/h2-9,16,20H,10-12H2,1H3/p+1/t16-/m1/s1. The van der Waals surface area contributed by atoms with Crippen molar-refractivity contribution >= 4 is 5.71 Å². The molecule has 0 radical (unpaired) electrons. The van der Waals surface area contributed by atoms with Gasteiger partial charge in [-0.05, 0) is 24.6 Å². The van der Waals surface area contributed by atoms with Gasteiger partial charge in [-0.1, -0.05) is 41.6 Å². The molecular formula is C18H20FN2O+. The average Bonchev–Trinajstić information content (AvgIpc) is 2.96. The van der Waals surface area contributed by atoms with Gasteiger partial charge >= 0.3 is 0 Å². The van der Waals surface area contributed by atoms with Crippen molar-refractivity contribution in [1.29, 1.82) is 0 Å². The fourth-order valence-electron chi connectivity index (χ4n) is 2.71. The number of benzene rings is 2. The predicted molar refractivity (Wildman–Crippen MR) is 84.1 cm³/mol. The molecule has 0 bridgehead atoms. The lowest BCUT2D eigenvalue weighted by molar-refractivity contribution is -0.676. The second-order valence-electron chi connectivity index (χ2n) is 5.64. The zero-order valence-corrected chi connectivity index (χ0v) is 12.6. The van der Waals surface area contributed by atoms with Crippen LogP contribution in [0, 0.1) is 12.7 Å². The number of nitrogens with two attached hydrogens (primary N) is 1. The van der Waals surface area contributed by atoms with Crippen LogP contribution in [0.4, 0.5) is 4.39 Å². The summed E-state index contributed by atoms with van der Waals surface area (Å²) in [4.78, 5) is 5.52. The first-order chi connectivity index (χ1) is 10.7. The fourth-order valence-corrected chi connectivity index (χ4v) is 2.71. The van der Waals surface area contributed by atoms with Crippen LogP contribution in [0.5, 0.6) is 0 Å². The summed E-state index contributed by atoms with van der Waals surface area (Å²) in [5.74, 6) is -0.187. The smallest absolute Gasteiger partial charge is 0.181 e. The highest BCUT2D eigenvalue weighted by molar-refractivity contribution is 6.02. The van der Waals surface area contributed by atoms with Crippen LogP contribution in [0.3, 0.4) is 0 Å². The first-order valence-electron chi connectivity index (χ1n) is 7.57. The lowest BCUT2D eigenvalue weighted by atomic mass is 10.0. The summed E-state index contributed by atoms with van der Waals surface area (Å²) in [5, 5.41) is 6.36. The summed E-state index contributed by atoms with van der Waals surface area (Å²) in [6, 6.07) is 14.9. The van der Waals surface area contributed by atoms with Crippen molar-refractivity contribution in [2.24, 2.45) is 5.16 Å². The van der Waals surface area contributed by atoms with Crippen molar-refractivity contribution in [2.75, 3.05) is 6.54 Å². The molecule has 0 saturated heterocycles. The molecule has 0 aromatic heterocycles. The van der Waals surface area contributed by atoms with Gasteiger partial charge in [0.15, 0.2) is 6.10 Å². The van der Waals surface area contributed by atoms with E-state index in [1.54, 1.807) is 12.1 Å². The molecule has 22 heavy (non-hydrogen) atoms. The highest BCUT2D eigenvalue weighted by atomic mass is 19.1. The zero-order chi connectivity index (χ0) is 15.4. The molecule has 3 nitrogen and oxygen atoms in total. The average molecular weight is 299 g/mol. The molecule has 1 atom stereocenters. The van der Waals surface area contributed by atoms with Gasteiger partial charge in [0.2, 0.25) is 0 Å². The topological polar surface area (TPSA) is 38.2 Å². The van der Waals surface area contributed by atoms with E-state index >= 15 is 0 Å². The van der Waals surface area contributed by atoms with Gasteiger partial charge in [-0.3, -0.25) is 0 Å². The molecule has 0 aliphatic carbocycles. The zero-order valence-electron chi connectivity index (χ0n) is 12.6. The Hall–Kier alpha value is -2.20. The molecule has 0 saturated carbocycles. The van der Waals surface area contributed by atoms with Gasteiger partial charge in [-0.15, -0.1) is 0 Å². The molecule has 114 valence electrons. The van der Waals surface area contributed by atoms with E-state index in [-0.39, 0.29) is 11.9 Å². The van der Waals surface area contributed by atoms with E-state index in [1.807, 2.05) is 18.2 Å². The molecule has 0 fully saturated rings. The highest BCUT2D eigenvalue weighted by Crippen LogP contribution is 2.18. The molecule has 2 aromatic carbocycles. The molecule has 2 N–H and O–H groups in total. The van der Waals surface area contributed by atoms with E-state index < -0.39 is 0 Å². The lowest BCUT2D eigenvalue weighted by Crippen LogP contribution is -2.84.